The highest BCUT2D eigenvalue weighted by Gasteiger charge is 2.51. The third kappa shape index (κ3) is 5.62. The average molecular weight is 494 g/mol. The van der Waals surface area contributed by atoms with Gasteiger partial charge in [-0.05, 0) is 28.8 Å². The van der Waals surface area contributed by atoms with Crippen molar-refractivity contribution in [3.63, 3.8) is 0 Å². The van der Waals surface area contributed by atoms with Crippen LogP contribution in [0.3, 0.4) is 0 Å². The Hall–Kier alpha value is -3.59. The van der Waals surface area contributed by atoms with E-state index in [0.29, 0.717) is 23.7 Å². The van der Waals surface area contributed by atoms with Crippen molar-refractivity contribution in [1.82, 2.24) is 4.90 Å². The van der Waals surface area contributed by atoms with Gasteiger partial charge < -0.3 is 29.2 Å². The van der Waals surface area contributed by atoms with Gasteiger partial charge in [0.15, 0.2) is 11.5 Å². The number of ether oxygens (including phenoxy) is 4. The van der Waals surface area contributed by atoms with Gasteiger partial charge in [0.1, 0.15) is 18.8 Å². The lowest BCUT2D eigenvalue weighted by Crippen LogP contribution is -2.44. The molecule has 0 bridgehead atoms. The van der Waals surface area contributed by atoms with Crippen LogP contribution in [-0.2, 0) is 22.7 Å². The molecule has 1 fully saturated rings. The molecule has 8 heteroatoms. The highest BCUT2D eigenvalue weighted by Crippen LogP contribution is 2.40. The molecule has 1 saturated heterocycles. The molecule has 8 nitrogen and oxygen atoms in total. The van der Waals surface area contributed by atoms with Crippen molar-refractivity contribution >= 4 is 6.09 Å². The Kier molecular flexibility index (Phi) is 8.43. The van der Waals surface area contributed by atoms with Gasteiger partial charge in [0.25, 0.3) is 0 Å². The molecule has 0 aromatic heterocycles. The number of likely N-dealkylation sites (tertiary alicyclic amines) is 1. The van der Waals surface area contributed by atoms with E-state index < -0.39 is 30.4 Å². The average Bonchev–Trinajstić information content (AvgIpc) is 3.17. The highest BCUT2D eigenvalue weighted by atomic mass is 16.6. The highest BCUT2D eigenvalue weighted by molar-refractivity contribution is 5.70. The molecule has 1 amide bonds. The van der Waals surface area contributed by atoms with Gasteiger partial charge in [0, 0.05) is 0 Å². The van der Waals surface area contributed by atoms with Gasteiger partial charge in [-0.15, -0.1) is 0 Å². The van der Waals surface area contributed by atoms with Crippen LogP contribution in [0, 0.1) is 0 Å². The standard InChI is InChI=1S/C28H31NO7/c1-33-23-14-13-21(15-24(23)34-2)25-27(31)26(30)22(18-35-16-19-9-5-3-6-10-19)29(25)28(32)36-17-20-11-7-4-8-12-20/h3-15,22,25-27,30-31H,16-18H2,1-2H3/t22-,25-,26-,27-/m1/s1. The molecule has 3 aromatic carbocycles. The van der Waals surface area contributed by atoms with Crippen molar-refractivity contribution in [2.45, 2.75) is 37.5 Å². The Morgan fingerprint density at radius 1 is 0.806 bits per heavy atom. The maximum atomic E-state index is 13.4. The molecule has 0 unspecified atom stereocenters. The van der Waals surface area contributed by atoms with E-state index >= 15 is 0 Å². The molecule has 1 heterocycles. The lowest BCUT2D eigenvalue weighted by molar-refractivity contribution is -0.00311. The van der Waals surface area contributed by atoms with E-state index in [1.54, 1.807) is 18.2 Å². The molecule has 0 radical (unpaired) electrons. The predicted octanol–water partition coefficient (Wildman–Crippen LogP) is 3.70. The number of methoxy groups -OCH3 is 2. The molecular weight excluding hydrogens is 462 g/mol. The topological polar surface area (TPSA) is 97.7 Å². The Labute approximate surface area is 210 Å². The van der Waals surface area contributed by atoms with Crippen LogP contribution in [0.4, 0.5) is 4.79 Å². The number of rotatable bonds is 9. The van der Waals surface area contributed by atoms with E-state index in [1.165, 1.54) is 19.1 Å². The smallest absolute Gasteiger partial charge is 0.411 e. The molecule has 4 rings (SSSR count). The largest absolute Gasteiger partial charge is 0.493 e. The molecule has 0 aliphatic carbocycles. The summed E-state index contributed by atoms with van der Waals surface area (Å²) in [7, 11) is 3.03. The fourth-order valence-corrected chi connectivity index (χ4v) is 4.44. The summed E-state index contributed by atoms with van der Waals surface area (Å²) in [6, 6.07) is 22.3. The number of carbonyl (C=O) groups excluding carboxylic acids is 1. The van der Waals surface area contributed by atoms with Crippen LogP contribution < -0.4 is 9.47 Å². The second kappa shape index (κ2) is 11.9. The maximum Gasteiger partial charge on any atom is 0.411 e. The zero-order chi connectivity index (χ0) is 25.5. The van der Waals surface area contributed by atoms with Crippen molar-refractivity contribution in [2.75, 3.05) is 20.8 Å². The van der Waals surface area contributed by atoms with Gasteiger partial charge >= 0.3 is 6.09 Å². The first-order valence-electron chi connectivity index (χ1n) is 11.7. The lowest BCUT2D eigenvalue weighted by atomic mass is 10.0. The molecule has 0 saturated carbocycles. The van der Waals surface area contributed by atoms with Crippen molar-refractivity contribution in [1.29, 1.82) is 0 Å². The maximum absolute atomic E-state index is 13.4. The van der Waals surface area contributed by atoms with E-state index in [-0.39, 0.29) is 13.2 Å². The summed E-state index contributed by atoms with van der Waals surface area (Å²) in [5, 5.41) is 22.0. The monoisotopic (exact) mass is 493 g/mol. The molecule has 3 aromatic rings. The Morgan fingerprint density at radius 3 is 2.03 bits per heavy atom. The van der Waals surface area contributed by atoms with E-state index in [0.717, 1.165) is 11.1 Å². The Bertz CT molecular complexity index is 1130. The second-order valence-corrected chi connectivity index (χ2v) is 8.56. The van der Waals surface area contributed by atoms with Crippen molar-refractivity contribution in [3.05, 3.63) is 95.6 Å². The van der Waals surface area contributed by atoms with Crippen LogP contribution in [0.5, 0.6) is 11.5 Å². The van der Waals surface area contributed by atoms with Crippen LogP contribution in [-0.4, -0.2) is 60.3 Å². The molecule has 4 atom stereocenters. The Morgan fingerprint density at radius 2 is 1.42 bits per heavy atom. The first-order valence-corrected chi connectivity index (χ1v) is 11.7. The number of carbonyl (C=O) groups is 1. The van der Waals surface area contributed by atoms with Crippen molar-refractivity contribution in [2.24, 2.45) is 0 Å². The minimum Gasteiger partial charge on any atom is -0.493 e. The van der Waals surface area contributed by atoms with E-state index in [1.807, 2.05) is 60.7 Å². The first-order chi connectivity index (χ1) is 17.5. The number of amides is 1. The number of aliphatic hydroxyl groups is 2. The van der Waals surface area contributed by atoms with Crippen LogP contribution in [0.1, 0.15) is 22.7 Å². The number of benzene rings is 3. The van der Waals surface area contributed by atoms with Gasteiger partial charge in [-0.1, -0.05) is 66.7 Å². The predicted molar refractivity (Wildman–Crippen MR) is 133 cm³/mol. The van der Waals surface area contributed by atoms with E-state index in [4.69, 9.17) is 18.9 Å². The number of aliphatic hydroxyl groups excluding tert-OH is 2. The fraction of sp³-hybridized carbons (Fsp3) is 0.321. The van der Waals surface area contributed by atoms with Crippen molar-refractivity contribution in [3.8, 4) is 11.5 Å². The number of hydrogen-bond donors (Lipinski definition) is 2. The summed E-state index contributed by atoms with van der Waals surface area (Å²) in [5.74, 6) is 0.952. The first kappa shape index (κ1) is 25.5. The Balaban J connectivity index is 1.59. The third-order valence-corrected chi connectivity index (χ3v) is 6.29. The summed E-state index contributed by atoms with van der Waals surface area (Å²) in [5.41, 5.74) is 2.35. The summed E-state index contributed by atoms with van der Waals surface area (Å²) in [6.07, 6.45) is -3.18. The lowest BCUT2D eigenvalue weighted by Gasteiger charge is -2.30. The normalized spacial score (nSPS) is 21.3. The van der Waals surface area contributed by atoms with Crippen molar-refractivity contribution < 1.29 is 34.0 Å². The van der Waals surface area contributed by atoms with E-state index in [9.17, 15) is 15.0 Å². The third-order valence-electron chi connectivity index (χ3n) is 6.29. The SMILES string of the molecule is COc1ccc([C@@H]2[C@@H](O)[C@H](O)[C@@H](COCc3ccccc3)N2C(=O)OCc2ccccc2)cc1OC. The summed E-state index contributed by atoms with van der Waals surface area (Å²) in [6.45, 7) is 0.365. The van der Waals surface area contributed by atoms with Crippen LogP contribution >= 0.6 is 0 Å². The molecule has 36 heavy (non-hydrogen) atoms. The van der Waals surface area contributed by atoms with Crippen LogP contribution in [0.25, 0.3) is 0 Å². The van der Waals surface area contributed by atoms with Crippen LogP contribution in [0.2, 0.25) is 0 Å². The number of nitrogens with zero attached hydrogens (tertiary/aromatic N) is 1. The summed E-state index contributed by atoms with van der Waals surface area (Å²) >= 11 is 0. The zero-order valence-corrected chi connectivity index (χ0v) is 20.3. The fourth-order valence-electron chi connectivity index (χ4n) is 4.44. The van der Waals surface area contributed by atoms with Gasteiger partial charge in [-0.25, -0.2) is 4.79 Å². The molecule has 0 spiro atoms. The molecule has 2 N–H and O–H groups in total. The second-order valence-electron chi connectivity index (χ2n) is 8.56. The van der Waals surface area contributed by atoms with Gasteiger partial charge in [0.05, 0.1) is 39.5 Å². The quantitative estimate of drug-likeness (QED) is 0.469. The zero-order valence-electron chi connectivity index (χ0n) is 20.3. The minimum absolute atomic E-state index is 0.0113. The molecule has 1 aliphatic rings. The van der Waals surface area contributed by atoms with E-state index in [2.05, 4.69) is 0 Å². The van der Waals surface area contributed by atoms with Gasteiger partial charge in [-0.2, -0.15) is 0 Å². The molecular formula is C28H31NO7. The summed E-state index contributed by atoms with van der Waals surface area (Å²) < 4.78 is 22.2. The molecule has 1 aliphatic heterocycles. The number of hydrogen-bond acceptors (Lipinski definition) is 7. The van der Waals surface area contributed by atoms with Gasteiger partial charge in [0.2, 0.25) is 0 Å². The van der Waals surface area contributed by atoms with Crippen LogP contribution in [0.15, 0.2) is 78.9 Å². The minimum atomic E-state index is -1.27. The molecule has 190 valence electrons. The van der Waals surface area contributed by atoms with Gasteiger partial charge in [-0.3, -0.25) is 4.90 Å². The summed E-state index contributed by atoms with van der Waals surface area (Å²) in [4.78, 5) is 14.8.